The van der Waals surface area contributed by atoms with Gasteiger partial charge < -0.3 is 14.5 Å². The smallest absolute Gasteiger partial charge is 0.156 e. The van der Waals surface area contributed by atoms with Crippen molar-refractivity contribution >= 4 is 27.8 Å². The monoisotopic (exact) mass is 399 g/mol. The van der Waals surface area contributed by atoms with Crippen molar-refractivity contribution in [1.82, 2.24) is 24.4 Å². The van der Waals surface area contributed by atoms with E-state index in [1.165, 1.54) is 5.56 Å². The first-order valence-corrected chi connectivity index (χ1v) is 10.5. The van der Waals surface area contributed by atoms with Crippen molar-refractivity contribution in [2.45, 2.75) is 12.8 Å². The molecule has 0 radical (unpaired) electrons. The van der Waals surface area contributed by atoms with Crippen molar-refractivity contribution < 1.29 is 0 Å². The second-order valence-electron chi connectivity index (χ2n) is 7.98. The third-order valence-electron chi connectivity index (χ3n) is 6.10. The molecule has 30 heavy (non-hydrogen) atoms. The lowest BCUT2D eigenvalue weighted by molar-refractivity contribution is 0.254. The topological polar surface area (TPSA) is 76.8 Å². The highest BCUT2D eigenvalue weighted by atomic mass is 15.3. The molecule has 152 valence electrons. The molecule has 4 heterocycles. The number of aromatic amines is 1. The SMILES string of the molecule is Cn1cnc2c(N3CCN(CCCc4ccc5[nH]cc(C#N)c5c4)CC3)nccc21. The summed E-state index contributed by atoms with van der Waals surface area (Å²) in [6, 6.07) is 10.7. The Morgan fingerprint density at radius 2 is 2.00 bits per heavy atom. The molecule has 0 aliphatic carbocycles. The molecule has 0 bridgehead atoms. The van der Waals surface area contributed by atoms with Crippen LogP contribution < -0.4 is 4.90 Å². The summed E-state index contributed by atoms with van der Waals surface area (Å²) in [5.41, 5.74) is 5.16. The molecular weight excluding hydrogens is 374 g/mol. The molecule has 7 heteroatoms. The summed E-state index contributed by atoms with van der Waals surface area (Å²) in [6.07, 6.45) is 7.67. The maximum absolute atomic E-state index is 9.23. The van der Waals surface area contributed by atoms with Gasteiger partial charge in [0.05, 0.1) is 17.4 Å². The number of hydrogen-bond donors (Lipinski definition) is 1. The number of hydrogen-bond acceptors (Lipinski definition) is 5. The van der Waals surface area contributed by atoms with Crippen molar-refractivity contribution in [2.24, 2.45) is 7.05 Å². The van der Waals surface area contributed by atoms with Crippen molar-refractivity contribution in [2.75, 3.05) is 37.6 Å². The predicted molar refractivity (Wildman–Crippen MR) is 118 cm³/mol. The molecule has 3 aromatic heterocycles. The number of H-pyrrole nitrogens is 1. The Morgan fingerprint density at radius 3 is 2.83 bits per heavy atom. The Kier molecular flexibility index (Phi) is 4.85. The van der Waals surface area contributed by atoms with Gasteiger partial charge in [0.2, 0.25) is 0 Å². The van der Waals surface area contributed by atoms with Crippen LogP contribution in [0.2, 0.25) is 0 Å². The maximum atomic E-state index is 9.23. The van der Waals surface area contributed by atoms with E-state index in [9.17, 15) is 5.26 Å². The minimum absolute atomic E-state index is 0.722. The lowest BCUT2D eigenvalue weighted by Gasteiger charge is -2.35. The number of benzene rings is 1. The zero-order valence-electron chi connectivity index (χ0n) is 17.2. The van der Waals surface area contributed by atoms with Gasteiger partial charge in [-0.2, -0.15) is 5.26 Å². The van der Waals surface area contributed by atoms with E-state index < -0.39 is 0 Å². The zero-order valence-corrected chi connectivity index (χ0v) is 17.2. The van der Waals surface area contributed by atoms with E-state index in [1.807, 2.05) is 30.2 Å². The number of fused-ring (bicyclic) bond motifs is 2. The number of aromatic nitrogens is 4. The quantitative estimate of drug-likeness (QED) is 0.558. The molecule has 0 unspecified atom stereocenters. The highest BCUT2D eigenvalue weighted by Crippen LogP contribution is 2.24. The summed E-state index contributed by atoms with van der Waals surface area (Å²) in [6.45, 7) is 5.12. The largest absolute Gasteiger partial charge is 0.360 e. The van der Waals surface area contributed by atoms with Gasteiger partial charge in [-0.1, -0.05) is 6.07 Å². The summed E-state index contributed by atoms with van der Waals surface area (Å²) in [4.78, 5) is 17.2. The van der Waals surface area contributed by atoms with Crippen LogP contribution in [0, 0.1) is 11.3 Å². The van der Waals surface area contributed by atoms with Crippen LogP contribution in [0.3, 0.4) is 0 Å². The van der Waals surface area contributed by atoms with E-state index >= 15 is 0 Å². The van der Waals surface area contributed by atoms with Gasteiger partial charge >= 0.3 is 0 Å². The Morgan fingerprint density at radius 1 is 1.13 bits per heavy atom. The fourth-order valence-electron chi connectivity index (χ4n) is 4.39. The molecule has 1 saturated heterocycles. The summed E-state index contributed by atoms with van der Waals surface area (Å²) in [5, 5.41) is 10.3. The first-order chi connectivity index (χ1) is 14.7. The molecule has 1 aliphatic heterocycles. The third-order valence-corrected chi connectivity index (χ3v) is 6.10. The van der Waals surface area contributed by atoms with Gasteiger partial charge in [0, 0.05) is 56.5 Å². The molecule has 0 atom stereocenters. The fourth-order valence-corrected chi connectivity index (χ4v) is 4.39. The maximum Gasteiger partial charge on any atom is 0.156 e. The number of rotatable bonds is 5. The van der Waals surface area contributed by atoms with Crippen molar-refractivity contribution in [3.8, 4) is 6.07 Å². The van der Waals surface area contributed by atoms with Crippen LogP contribution in [0.4, 0.5) is 5.82 Å². The standard InChI is InChI=1S/C23H25N7/c1-28-16-27-22-21(28)6-7-25-23(22)30-11-9-29(10-12-30)8-2-3-17-4-5-20-19(13-17)18(14-24)15-26-20/h4-7,13,15-16,26H,2-3,8-12H2,1H3. The molecular formula is C23H25N7. The Balaban J connectivity index is 1.16. The van der Waals surface area contributed by atoms with Crippen LogP contribution in [0.25, 0.3) is 21.9 Å². The van der Waals surface area contributed by atoms with Crippen LogP contribution in [0.1, 0.15) is 17.5 Å². The van der Waals surface area contributed by atoms with Crippen LogP contribution in [0.5, 0.6) is 0 Å². The van der Waals surface area contributed by atoms with Crippen LogP contribution in [-0.2, 0) is 13.5 Å². The fraction of sp³-hybridized carbons (Fsp3) is 0.348. The van der Waals surface area contributed by atoms with E-state index in [0.29, 0.717) is 0 Å². The summed E-state index contributed by atoms with van der Waals surface area (Å²) in [5.74, 6) is 1.00. The van der Waals surface area contributed by atoms with E-state index in [4.69, 9.17) is 0 Å². The number of nitrogens with one attached hydrogen (secondary N) is 1. The lowest BCUT2D eigenvalue weighted by Crippen LogP contribution is -2.47. The average Bonchev–Trinajstić information content (AvgIpc) is 3.37. The van der Waals surface area contributed by atoms with E-state index in [1.54, 1.807) is 6.20 Å². The summed E-state index contributed by atoms with van der Waals surface area (Å²) >= 11 is 0. The second kappa shape index (κ2) is 7.81. The third kappa shape index (κ3) is 3.40. The number of nitriles is 1. The number of imidazole rings is 1. The van der Waals surface area contributed by atoms with Gasteiger partial charge in [0.25, 0.3) is 0 Å². The van der Waals surface area contributed by atoms with Crippen LogP contribution >= 0.6 is 0 Å². The Hall–Kier alpha value is -3.37. The number of anilines is 1. The first-order valence-electron chi connectivity index (χ1n) is 10.5. The number of pyridine rings is 1. The predicted octanol–water partition coefficient (Wildman–Crippen LogP) is 3.08. The van der Waals surface area contributed by atoms with Crippen LogP contribution in [0.15, 0.2) is 43.0 Å². The normalized spacial score (nSPS) is 15.1. The molecule has 1 fully saturated rings. The first kappa shape index (κ1) is 18.6. The van der Waals surface area contributed by atoms with E-state index in [-0.39, 0.29) is 0 Å². The van der Waals surface area contributed by atoms with Gasteiger partial charge in [0.1, 0.15) is 11.6 Å². The summed E-state index contributed by atoms with van der Waals surface area (Å²) < 4.78 is 2.04. The molecule has 1 N–H and O–H groups in total. The van der Waals surface area contributed by atoms with Crippen molar-refractivity contribution in [1.29, 1.82) is 5.26 Å². The lowest BCUT2D eigenvalue weighted by atomic mass is 10.1. The van der Waals surface area contributed by atoms with Gasteiger partial charge in [-0.3, -0.25) is 4.90 Å². The highest BCUT2D eigenvalue weighted by molar-refractivity contribution is 5.87. The second-order valence-corrected chi connectivity index (χ2v) is 7.98. The summed E-state index contributed by atoms with van der Waals surface area (Å²) in [7, 11) is 2.02. The average molecular weight is 400 g/mol. The Labute approximate surface area is 175 Å². The number of piperazine rings is 1. The number of aryl methyl sites for hydroxylation is 2. The molecule has 5 rings (SSSR count). The Bertz CT molecular complexity index is 1220. The molecule has 0 saturated carbocycles. The molecule has 1 aromatic carbocycles. The van der Waals surface area contributed by atoms with E-state index in [2.05, 4.69) is 49.0 Å². The molecule has 0 amide bonds. The molecule has 0 spiro atoms. The van der Waals surface area contributed by atoms with Crippen molar-refractivity contribution in [3.63, 3.8) is 0 Å². The molecule has 7 nitrogen and oxygen atoms in total. The van der Waals surface area contributed by atoms with Gasteiger partial charge in [-0.05, 0) is 43.1 Å². The van der Waals surface area contributed by atoms with Crippen molar-refractivity contribution in [3.05, 3.63) is 54.1 Å². The van der Waals surface area contributed by atoms with Gasteiger partial charge in [-0.15, -0.1) is 0 Å². The minimum atomic E-state index is 0.722. The molecule has 1 aliphatic rings. The highest BCUT2D eigenvalue weighted by Gasteiger charge is 2.20. The van der Waals surface area contributed by atoms with Crippen LogP contribution in [-0.4, -0.2) is 57.1 Å². The zero-order chi connectivity index (χ0) is 20.5. The van der Waals surface area contributed by atoms with E-state index in [0.717, 1.165) is 78.9 Å². The number of nitrogens with zero attached hydrogens (tertiary/aromatic N) is 6. The molecule has 4 aromatic rings. The van der Waals surface area contributed by atoms with Gasteiger partial charge in [0.15, 0.2) is 5.82 Å². The minimum Gasteiger partial charge on any atom is -0.360 e. The van der Waals surface area contributed by atoms with Gasteiger partial charge in [-0.25, -0.2) is 9.97 Å².